The molecule has 1 unspecified atom stereocenters. The Morgan fingerprint density at radius 2 is 1.16 bits per heavy atom. The van der Waals surface area contributed by atoms with E-state index in [9.17, 15) is 29.3 Å². The zero-order valence-electron chi connectivity index (χ0n) is 34.5. The van der Waals surface area contributed by atoms with Gasteiger partial charge in [-0.05, 0) is 70.6 Å². The van der Waals surface area contributed by atoms with E-state index in [2.05, 4.69) is 62.5 Å². The van der Waals surface area contributed by atoms with Gasteiger partial charge in [0.15, 0.2) is 6.10 Å². The van der Waals surface area contributed by atoms with Crippen molar-refractivity contribution in [2.45, 2.75) is 135 Å². The fourth-order valence-electron chi connectivity index (χ4n) is 4.76. The summed E-state index contributed by atoms with van der Waals surface area (Å²) in [5, 5.41) is 20.1. The van der Waals surface area contributed by atoms with Crippen molar-refractivity contribution in [2.24, 2.45) is 5.73 Å². The SMILES string of the molecule is CC/C=C\C/C=C\C/C=C\C/C=C\C/C=C\CCCC(=O)OC[C@H](COP(=O)(O)OCCN)OC(=O)CCC[C@H](O)/C=C/C=C\C/C=C\C=C\[C@H](O)CCCCC. The van der Waals surface area contributed by atoms with Gasteiger partial charge in [0.05, 0.1) is 25.4 Å². The van der Waals surface area contributed by atoms with E-state index in [1.807, 2.05) is 42.5 Å². The van der Waals surface area contributed by atoms with Crippen LogP contribution >= 0.6 is 7.82 Å². The van der Waals surface area contributed by atoms with E-state index in [4.69, 9.17) is 24.3 Å². The molecule has 0 radical (unpaired) electrons. The molecule has 0 heterocycles. The maximum absolute atomic E-state index is 12.6. The molecular weight excluding hydrogens is 745 g/mol. The van der Waals surface area contributed by atoms with Crippen LogP contribution in [0.2, 0.25) is 0 Å². The predicted octanol–water partition coefficient (Wildman–Crippen LogP) is 9.54. The van der Waals surface area contributed by atoms with Gasteiger partial charge in [0, 0.05) is 19.4 Å². The van der Waals surface area contributed by atoms with Crippen LogP contribution in [-0.2, 0) is 32.7 Å². The molecule has 0 aliphatic carbocycles. The van der Waals surface area contributed by atoms with Crippen LogP contribution < -0.4 is 5.73 Å². The molecule has 0 bridgehead atoms. The Balaban J connectivity index is 4.55. The number of aliphatic hydroxyl groups excluding tert-OH is 2. The molecule has 5 N–H and O–H groups in total. The first kappa shape index (κ1) is 53.6. The van der Waals surface area contributed by atoms with Crippen LogP contribution in [0.5, 0.6) is 0 Å². The maximum atomic E-state index is 12.6. The first-order valence-corrected chi connectivity index (χ1v) is 22.1. The van der Waals surface area contributed by atoms with Gasteiger partial charge in [0.1, 0.15) is 6.61 Å². The van der Waals surface area contributed by atoms with E-state index < -0.39 is 44.7 Å². The summed E-state index contributed by atoms with van der Waals surface area (Å²) < 4.78 is 32.5. The van der Waals surface area contributed by atoms with Gasteiger partial charge in [0.2, 0.25) is 0 Å². The summed E-state index contributed by atoms with van der Waals surface area (Å²) in [7, 11) is -4.46. The lowest BCUT2D eigenvalue weighted by Crippen LogP contribution is -2.29. The number of phosphoric acid groups is 1. The fraction of sp³-hybridized carbons (Fsp3) is 0.556. The molecule has 57 heavy (non-hydrogen) atoms. The van der Waals surface area contributed by atoms with E-state index in [1.165, 1.54) is 0 Å². The van der Waals surface area contributed by atoms with E-state index in [-0.39, 0.29) is 32.6 Å². The van der Waals surface area contributed by atoms with Crippen molar-refractivity contribution in [3.05, 3.63) is 109 Å². The van der Waals surface area contributed by atoms with Gasteiger partial charge in [-0.3, -0.25) is 18.6 Å². The summed E-state index contributed by atoms with van der Waals surface area (Å²) in [4.78, 5) is 34.8. The molecule has 0 fully saturated rings. The molecule has 0 aromatic carbocycles. The average molecular weight is 818 g/mol. The average Bonchev–Trinajstić information content (AvgIpc) is 3.18. The molecule has 0 aromatic heterocycles. The first-order valence-electron chi connectivity index (χ1n) is 20.6. The van der Waals surface area contributed by atoms with Gasteiger partial charge in [-0.25, -0.2) is 4.57 Å². The number of nitrogens with two attached hydrogens (primary N) is 1. The van der Waals surface area contributed by atoms with Crippen LogP contribution in [0, 0.1) is 0 Å². The van der Waals surface area contributed by atoms with Crippen LogP contribution in [0.15, 0.2) is 109 Å². The zero-order chi connectivity index (χ0) is 42.1. The van der Waals surface area contributed by atoms with Gasteiger partial charge in [0.25, 0.3) is 0 Å². The van der Waals surface area contributed by atoms with Crippen molar-refractivity contribution in [3.63, 3.8) is 0 Å². The van der Waals surface area contributed by atoms with Gasteiger partial charge in [-0.1, -0.05) is 142 Å². The summed E-state index contributed by atoms with van der Waals surface area (Å²) in [6, 6.07) is 0. The predicted molar refractivity (Wildman–Crippen MR) is 231 cm³/mol. The number of rotatable bonds is 36. The van der Waals surface area contributed by atoms with Gasteiger partial charge in [-0.15, -0.1) is 0 Å². The number of hydrogen-bond acceptors (Lipinski definition) is 10. The molecule has 0 amide bonds. The van der Waals surface area contributed by atoms with E-state index >= 15 is 0 Å². The molecule has 11 nitrogen and oxygen atoms in total. The molecule has 0 aromatic rings. The number of carbonyl (C=O) groups excluding carboxylic acids is 2. The molecule has 12 heteroatoms. The summed E-state index contributed by atoms with van der Waals surface area (Å²) in [5.41, 5.74) is 5.32. The standard InChI is InChI=1S/C45H72NO10P/c1-3-5-7-8-9-10-11-12-13-14-15-16-17-18-22-25-29-35-44(49)53-39-43(40-55-57(51,52)54-38-37-46)56-45(50)36-30-34-42(48)33-28-24-21-19-20-23-27-32-41(47)31-26-6-4-2/h5,7,9-10,12-13,15-16,18,20-24,27-28,32-33,41-43,47-48H,3-4,6,8,11,14,17,19,25-26,29-31,34-40,46H2,1-2H3,(H,51,52)/b7-5-,10-9-,13-12-,16-15-,22-18-,23-20-,24-21-,32-27+,33-28+/t41-,42-,43-/m1/s1. The minimum absolute atomic E-state index is 0.00183. The molecule has 0 rings (SSSR count). The monoisotopic (exact) mass is 817 g/mol. The highest BCUT2D eigenvalue weighted by Crippen LogP contribution is 2.43. The normalized spacial score (nSPS) is 15.5. The largest absolute Gasteiger partial charge is 0.472 e. The van der Waals surface area contributed by atoms with Crippen molar-refractivity contribution in [2.75, 3.05) is 26.4 Å². The third kappa shape index (κ3) is 39.2. The number of allylic oxidation sites excluding steroid dienone is 16. The van der Waals surface area contributed by atoms with Crippen molar-refractivity contribution < 1.29 is 47.8 Å². The van der Waals surface area contributed by atoms with Crippen molar-refractivity contribution in [1.29, 1.82) is 0 Å². The number of phosphoric ester groups is 1. The molecule has 0 aliphatic rings. The third-order valence-electron chi connectivity index (χ3n) is 7.85. The summed E-state index contributed by atoms with van der Waals surface area (Å²) in [6.07, 6.45) is 44.8. The Labute approximate surface area is 343 Å². The topological polar surface area (TPSA) is 175 Å². The Kier molecular flexibility index (Phi) is 37.1. The second-order valence-electron chi connectivity index (χ2n) is 13.2. The number of esters is 2. The van der Waals surface area contributed by atoms with Crippen LogP contribution in [0.25, 0.3) is 0 Å². The van der Waals surface area contributed by atoms with Crippen LogP contribution in [0.3, 0.4) is 0 Å². The molecule has 4 atom stereocenters. The smallest absolute Gasteiger partial charge is 0.462 e. The highest BCUT2D eigenvalue weighted by molar-refractivity contribution is 7.47. The Bertz CT molecular complexity index is 1330. The molecule has 0 aliphatic heterocycles. The van der Waals surface area contributed by atoms with Crippen LogP contribution in [0.1, 0.15) is 117 Å². The number of carbonyl (C=O) groups is 2. The summed E-state index contributed by atoms with van der Waals surface area (Å²) in [6.45, 7) is 3.14. The lowest BCUT2D eigenvalue weighted by atomic mass is 10.1. The van der Waals surface area contributed by atoms with Crippen molar-refractivity contribution in [3.8, 4) is 0 Å². The molecular formula is C45H72NO10P. The number of ether oxygens (including phenoxy) is 2. The van der Waals surface area contributed by atoms with E-state index in [0.29, 0.717) is 32.1 Å². The van der Waals surface area contributed by atoms with Crippen LogP contribution in [0.4, 0.5) is 0 Å². The van der Waals surface area contributed by atoms with Gasteiger partial charge in [-0.2, -0.15) is 0 Å². The lowest BCUT2D eigenvalue weighted by Gasteiger charge is -2.20. The first-order chi connectivity index (χ1) is 27.6. The van der Waals surface area contributed by atoms with Crippen LogP contribution in [-0.4, -0.2) is 71.7 Å². The summed E-state index contributed by atoms with van der Waals surface area (Å²) in [5.74, 6) is -1.14. The Morgan fingerprint density at radius 3 is 1.72 bits per heavy atom. The zero-order valence-corrected chi connectivity index (χ0v) is 35.4. The minimum atomic E-state index is -4.46. The number of unbranched alkanes of at least 4 members (excludes halogenated alkanes) is 3. The number of aliphatic hydroxyl groups is 2. The molecule has 0 spiro atoms. The summed E-state index contributed by atoms with van der Waals surface area (Å²) >= 11 is 0. The minimum Gasteiger partial charge on any atom is -0.462 e. The third-order valence-corrected chi connectivity index (χ3v) is 8.84. The van der Waals surface area contributed by atoms with Gasteiger partial charge < -0.3 is 30.3 Å². The lowest BCUT2D eigenvalue weighted by molar-refractivity contribution is -0.161. The number of hydrogen-bond donors (Lipinski definition) is 4. The Hall–Kier alpha value is -3.41. The van der Waals surface area contributed by atoms with E-state index in [1.54, 1.807) is 18.2 Å². The highest BCUT2D eigenvalue weighted by Gasteiger charge is 2.26. The van der Waals surface area contributed by atoms with Crippen molar-refractivity contribution >= 4 is 19.8 Å². The molecule has 0 saturated carbocycles. The fourth-order valence-corrected chi connectivity index (χ4v) is 5.53. The van der Waals surface area contributed by atoms with Crippen molar-refractivity contribution in [1.82, 2.24) is 0 Å². The highest BCUT2D eigenvalue weighted by atomic mass is 31.2. The Morgan fingerprint density at radius 1 is 0.632 bits per heavy atom. The second-order valence-corrected chi connectivity index (χ2v) is 14.6. The molecule has 322 valence electrons. The quantitative estimate of drug-likeness (QED) is 0.0156. The molecule has 0 saturated heterocycles. The van der Waals surface area contributed by atoms with E-state index in [0.717, 1.165) is 57.8 Å². The van der Waals surface area contributed by atoms with Gasteiger partial charge >= 0.3 is 19.8 Å². The second kappa shape index (κ2) is 39.4. The maximum Gasteiger partial charge on any atom is 0.472 e.